The quantitative estimate of drug-likeness (QED) is 0.299. The van der Waals surface area contributed by atoms with Gasteiger partial charge in [-0.2, -0.15) is 13.8 Å². The second-order valence-electron chi connectivity index (χ2n) is 4.08. The second-order valence-corrected chi connectivity index (χ2v) is 6.70. The second kappa shape index (κ2) is 12.8. The summed E-state index contributed by atoms with van der Waals surface area (Å²) in [5.74, 6) is 0. The summed E-state index contributed by atoms with van der Waals surface area (Å²) in [7, 11) is 0.223. The molecule has 0 amide bonds. The SMILES string of the molecule is CCCCCCCC[SiH2][C-](C)C.[Li+]. The van der Waals surface area contributed by atoms with E-state index in [-0.39, 0.29) is 28.4 Å². The minimum Gasteiger partial charge on any atom is -0.324 e. The standard InChI is InChI=1S/C11H25Si.Li/c1-4-5-6-7-8-9-10-12-11(2)3;/h4-10,12H2,1-3H3;/q-1;+1. The molecule has 0 aromatic heterocycles. The van der Waals surface area contributed by atoms with Crippen molar-refractivity contribution < 1.29 is 18.9 Å². The molecule has 0 atom stereocenters. The first kappa shape index (κ1) is 16.3. The molecule has 0 aliphatic rings. The van der Waals surface area contributed by atoms with Crippen LogP contribution in [-0.4, -0.2) is 9.52 Å². The van der Waals surface area contributed by atoms with Crippen molar-refractivity contribution in [2.45, 2.75) is 65.3 Å². The monoisotopic (exact) mass is 192 g/mol. The van der Waals surface area contributed by atoms with E-state index in [4.69, 9.17) is 0 Å². The van der Waals surface area contributed by atoms with Gasteiger partial charge in [0.25, 0.3) is 0 Å². The molecule has 0 fully saturated rings. The Kier molecular flexibility index (Phi) is 16.0. The van der Waals surface area contributed by atoms with Crippen LogP contribution < -0.4 is 18.9 Å². The molecule has 0 nitrogen and oxygen atoms in total. The first-order chi connectivity index (χ1) is 5.77. The molecular formula is C11H25LiSi. The van der Waals surface area contributed by atoms with Crippen LogP contribution in [-0.2, 0) is 0 Å². The first-order valence-corrected chi connectivity index (χ1v) is 7.27. The van der Waals surface area contributed by atoms with Crippen LogP contribution in [0.1, 0.15) is 59.3 Å². The molecule has 0 aliphatic heterocycles. The molecule has 0 rings (SSSR count). The third-order valence-electron chi connectivity index (χ3n) is 2.28. The van der Waals surface area contributed by atoms with Crippen molar-refractivity contribution in [3.05, 3.63) is 5.54 Å². The van der Waals surface area contributed by atoms with Crippen LogP contribution in [0.15, 0.2) is 0 Å². The molecule has 0 saturated carbocycles. The predicted octanol–water partition coefficient (Wildman–Crippen LogP) is 0.510. The first-order valence-electron chi connectivity index (χ1n) is 5.56. The van der Waals surface area contributed by atoms with Crippen LogP contribution in [0.3, 0.4) is 0 Å². The molecule has 0 bridgehead atoms. The normalized spacial score (nSPS) is 11.1. The molecule has 0 radical (unpaired) electrons. The van der Waals surface area contributed by atoms with E-state index in [9.17, 15) is 0 Å². The summed E-state index contributed by atoms with van der Waals surface area (Å²) in [5.41, 5.74) is 1.73. The van der Waals surface area contributed by atoms with Crippen LogP contribution in [0.5, 0.6) is 0 Å². The van der Waals surface area contributed by atoms with Crippen molar-refractivity contribution in [2.75, 3.05) is 0 Å². The summed E-state index contributed by atoms with van der Waals surface area (Å²) < 4.78 is 0. The van der Waals surface area contributed by atoms with E-state index in [1.807, 2.05) is 0 Å². The minimum atomic E-state index is 0. The van der Waals surface area contributed by atoms with E-state index in [0.29, 0.717) is 0 Å². The molecule has 74 valence electrons. The third-order valence-corrected chi connectivity index (χ3v) is 4.13. The summed E-state index contributed by atoms with van der Waals surface area (Å²) in [6.07, 6.45) is 8.74. The maximum atomic E-state index is 2.29. The topological polar surface area (TPSA) is 0 Å². The Morgan fingerprint density at radius 1 is 0.923 bits per heavy atom. The summed E-state index contributed by atoms with van der Waals surface area (Å²) in [4.78, 5) is 0. The van der Waals surface area contributed by atoms with Gasteiger partial charge in [0.1, 0.15) is 0 Å². The maximum Gasteiger partial charge on any atom is 1.00 e. The number of hydrogen-bond acceptors (Lipinski definition) is 0. The van der Waals surface area contributed by atoms with Gasteiger partial charge in [0.15, 0.2) is 0 Å². The van der Waals surface area contributed by atoms with E-state index in [1.165, 1.54) is 38.5 Å². The largest absolute Gasteiger partial charge is 1.00 e. The van der Waals surface area contributed by atoms with Gasteiger partial charge < -0.3 is 5.54 Å². The van der Waals surface area contributed by atoms with Crippen molar-refractivity contribution in [1.29, 1.82) is 0 Å². The molecule has 0 saturated heterocycles. The van der Waals surface area contributed by atoms with Crippen molar-refractivity contribution in [2.24, 2.45) is 0 Å². The van der Waals surface area contributed by atoms with Crippen LogP contribution in [0.4, 0.5) is 0 Å². The molecule has 0 heterocycles. The summed E-state index contributed by atoms with van der Waals surface area (Å²) >= 11 is 0. The fourth-order valence-corrected chi connectivity index (χ4v) is 2.75. The molecule has 0 unspecified atom stereocenters. The van der Waals surface area contributed by atoms with Crippen molar-refractivity contribution >= 4 is 9.52 Å². The Morgan fingerprint density at radius 3 is 2.00 bits per heavy atom. The van der Waals surface area contributed by atoms with Crippen LogP contribution in [0.2, 0.25) is 6.04 Å². The molecule has 0 aromatic carbocycles. The fraction of sp³-hybridized carbons (Fsp3) is 0.909. The average Bonchev–Trinajstić information content (AvgIpc) is 2.02. The van der Waals surface area contributed by atoms with Crippen LogP contribution in [0, 0.1) is 5.54 Å². The number of unbranched alkanes of at least 4 members (excludes halogenated alkanes) is 5. The van der Waals surface area contributed by atoms with E-state index >= 15 is 0 Å². The summed E-state index contributed by atoms with van der Waals surface area (Å²) in [5, 5.41) is 0. The molecule has 0 N–H and O–H groups in total. The molecular weight excluding hydrogens is 167 g/mol. The van der Waals surface area contributed by atoms with Gasteiger partial charge in [0, 0.05) is 0 Å². The molecule has 2 heteroatoms. The third kappa shape index (κ3) is 15.6. The van der Waals surface area contributed by atoms with Crippen molar-refractivity contribution in [1.82, 2.24) is 0 Å². The Labute approximate surface area is 99.3 Å². The van der Waals surface area contributed by atoms with Gasteiger partial charge in [-0.25, -0.2) is 0 Å². The van der Waals surface area contributed by atoms with Gasteiger partial charge in [0.2, 0.25) is 0 Å². The zero-order chi connectivity index (χ0) is 9.23. The average molecular weight is 192 g/mol. The summed E-state index contributed by atoms with van der Waals surface area (Å²) in [6.45, 7) is 6.87. The molecule has 13 heavy (non-hydrogen) atoms. The molecule has 0 spiro atoms. The van der Waals surface area contributed by atoms with Gasteiger partial charge in [-0.3, -0.25) is 0 Å². The van der Waals surface area contributed by atoms with Gasteiger partial charge in [0.05, 0.1) is 0 Å². The summed E-state index contributed by atoms with van der Waals surface area (Å²) in [6, 6.07) is 1.55. The Bertz CT molecular complexity index is 84.2. The van der Waals surface area contributed by atoms with E-state index in [1.54, 1.807) is 11.6 Å². The van der Waals surface area contributed by atoms with Crippen molar-refractivity contribution in [3.8, 4) is 0 Å². The molecule has 0 aromatic rings. The Hall–Kier alpha value is 0.814. The van der Waals surface area contributed by atoms with Gasteiger partial charge in [-0.05, 0) is 0 Å². The Balaban J connectivity index is 0. The fourth-order valence-electron chi connectivity index (χ4n) is 1.44. The predicted molar refractivity (Wildman–Crippen MR) is 61.3 cm³/mol. The zero-order valence-electron chi connectivity index (χ0n) is 10.2. The van der Waals surface area contributed by atoms with Gasteiger partial charge in [-0.15, -0.1) is 9.52 Å². The van der Waals surface area contributed by atoms with E-state index < -0.39 is 0 Å². The van der Waals surface area contributed by atoms with Crippen LogP contribution >= 0.6 is 0 Å². The number of rotatable bonds is 8. The molecule has 0 aliphatic carbocycles. The van der Waals surface area contributed by atoms with Crippen LogP contribution in [0.25, 0.3) is 0 Å². The van der Waals surface area contributed by atoms with Gasteiger partial charge in [-0.1, -0.05) is 51.5 Å². The smallest absolute Gasteiger partial charge is 0.324 e. The van der Waals surface area contributed by atoms with Crippen molar-refractivity contribution in [3.63, 3.8) is 0 Å². The zero-order valence-corrected chi connectivity index (χ0v) is 11.6. The van der Waals surface area contributed by atoms with Gasteiger partial charge >= 0.3 is 18.9 Å². The Morgan fingerprint density at radius 2 is 1.46 bits per heavy atom. The maximum absolute atomic E-state index is 2.29. The minimum absolute atomic E-state index is 0. The van der Waals surface area contributed by atoms with E-state index in [2.05, 4.69) is 20.8 Å². The number of hydrogen-bond donors (Lipinski definition) is 0. The van der Waals surface area contributed by atoms with E-state index in [0.717, 1.165) is 0 Å².